The molecule has 1 heterocycles. The molecule has 0 atom stereocenters. The van der Waals surface area contributed by atoms with E-state index in [1.807, 2.05) is 6.07 Å². The first-order chi connectivity index (χ1) is 9.36. The summed E-state index contributed by atoms with van der Waals surface area (Å²) in [6, 6.07) is 7.80. The molecule has 0 spiro atoms. The topological polar surface area (TPSA) is 56.3 Å². The largest absolute Gasteiger partial charge is 0.486 e. The molecule has 0 saturated carbocycles. The van der Waals surface area contributed by atoms with Gasteiger partial charge in [0.15, 0.2) is 0 Å². The molecule has 0 aliphatic rings. The van der Waals surface area contributed by atoms with Gasteiger partial charge in [-0.25, -0.2) is 8.42 Å². The molecule has 0 radical (unpaired) electrons. The van der Waals surface area contributed by atoms with E-state index in [9.17, 15) is 8.42 Å². The minimum Gasteiger partial charge on any atom is -0.486 e. The molecule has 0 aliphatic carbocycles. The third kappa shape index (κ3) is 4.09. The van der Waals surface area contributed by atoms with E-state index < -0.39 is 9.05 Å². The summed E-state index contributed by atoms with van der Waals surface area (Å²) in [5, 5.41) is 0.262. The van der Waals surface area contributed by atoms with Gasteiger partial charge in [-0.1, -0.05) is 11.6 Å². The average molecular weight is 397 g/mol. The van der Waals surface area contributed by atoms with Gasteiger partial charge in [0.2, 0.25) is 0 Å². The van der Waals surface area contributed by atoms with Crippen molar-refractivity contribution in [3.05, 3.63) is 51.7 Å². The Hall–Kier alpha value is -0.820. The van der Waals surface area contributed by atoms with Crippen molar-refractivity contribution in [3.63, 3.8) is 0 Å². The lowest BCUT2D eigenvalue weighted by atomic mass is 10.3. The van der Waals surface area contributed by atoms with E-state index in [-0.39, 0.29) is 22.3 Å². The lowest BCUT2D eigenvalue weighted by molar-refractivity contribution is 0.293. The summed E-state index contributed by atoms with van der Waals surface area (Å²) in [7, 11) is 1.42. The Morgan fingerprint density at radius 3 is 2.60 bits per heavy atom. The molecule has 1 aromatic carbocycles. The Bertz CT molecular complexity index is 720. The average Bonchev–Trinajstić information content (AvgIpc) is 2.38. The molecular formula is C12H8BrCl2NO3S. The van der Waals surface area contributed by atoms with Gasteiger partial charge in [0.25, 0.3) is 9.05 Å². The first kappa shape index (κ1) is 15.6. The van der Waals surface area contributed by atoms with Crippen molar-refractivity contribution in [3.8, 4) is 5.75 Å². The van der Waals surface area contributed by atoms with Crippen molar-refractivity contribution in [2.24, 2.45) is 0 Å². The fourth-order valence-electron chi connectivity index (χ4n) is 1.44. The molecule has 0 unspecified atom stereocenters. The summed E-state index contributed by atoms with van der Waals surface area (Å²) in [4.78, 5) is 3.96. The van der Waals surface area contributed by atoms with E-state index in [2.05, 4.69) is 20.9 Å². The van der Waals surface area contributed by atoms with Crippen LogP contribution in [0.4, 0.5) is 0 Å². The van der Waals surface area contributed by atoms with E-state index in [1.54, 1.807) is 12.3 Å². The van der Waals surface area contributed by atoms with Gasteiger partial charge in [0, 0.05) is 26.4 Å². The first-order valence-corrected chi connectivity index (χ1v) is 8.82. The minimum atomic E-state index is -3.93. The summed E-state index contributed by atoms with van der Waals surface area (Å²) >= 11 is 9.03. The molecule has 0 N–H and O–H groups in total. The number of nitrogens with zero attached hydrogens (tertiary/aromatic N) is 1. The van der Waals surface area contributed by atoms with Gasteiger partial charge in [-0.05, 0) is 46.3 Å². The second-order valence-corrected chi connectivity index (χ2v) is 7.67. The van der Waals surface area contributed by atoms with Gasteiger partial charge in [-0.2, -0.15) is 0 Å². The fourth-order valence-corrected chi connectivity index (χ4v) is 2.90. The third-order valence-corrected chi connectivity index (χ3v) is 4.38. The third-order valence-electron chi connectivity index (χ3n) is 2.33. The first-order valence-electron chi connectivity index (χ1n) is 5.34. The number of pyridine rings is 1. The van der Waals surface area contributed by atoms with Gasteiger partial charge < -0.3 is 4.74 Å². The minimum absolute atomic E-state index is 0.119. The highest BCUT2D eigenvalue weighted by molar-refractivity contribution is 9.10. The van der Waals surface area contributed by atoms with E-state index in [4.69, 9.17) is 27.0 Å². The number of aromatic nitrogens is 1. The predicted molar refractivity (Wildman–Crippen MR) is 80.8 cm³/mol. The molecule has 20 heavy (non-hydrogen) atoms. The van der Waals surface area contributed by atoms with Gasteiger partial charge in [-0.15, -0.1) is 0 Å². The number of halogens is 3. The zero-order valence-electron chi connectivity index (χ0n) is 9.89. The molecule has 0 bridgehead atoms. The number of benzene rings is 1. The quantitative estimate of drug-likeness (QED) is 0.732. The zero-order valence-corrected chi connectivity index (χ0v) is 13.8. The Labute approximate surface area is 134 Å². The van der Waals surface area contributed by atoms with Crippen LogP contribution in [0, 0.1) is 0 Å². The SMILES string of the molecule is O=S(=O)(Cl)c1cc(Cl)ccc1OCc1ccc(Br)cn1. The van der Waals surface area contributed by atoms with Crippen molar-refractivity contribution in [2.45, 2.75) is 11.5 Å². The highest BCUT2D eigenvalue weighted by atomic mass is 79.9. The number of hydrogen-bond donors (Lipinski definition) is 0. The van der Waals surface area contributed by atoms with Gasteiger partial charge in [-0.3, -0.25) is 4.98 Å². The molecule has 2 rings (SSSR count). The lowest BCUT2D eigenvalue weighted by Crippen LogP contribution is -2.02. The molecule has 0 amide bonds. The van der Waals surface area contributed by atoms with Crippen LogP contribution >= 0.6 is 38.2 Å². The van der Waals surface area contributed by atoms with Crippen molar-refractivity contribution in [1.29, 1.82) is 0 Å². The fraction of sp³-hybridized carbons (Fsp3) is 0.0833. The second-order valence-electron chi connectivity index (χ2n) is 3.79. The normalized spacial score (nSPS) is 11.3. The highest BCUT2D eigenvalue weighted by Crippen LogP contribution is 2.30. The van der Waals surface area contributed by atoms with Crippen LogP contribution in [0.1, 0.15) is 5.69 Å². The van der Waals surface area contributed by atoms with Gasteiger partial charge in [0.1, 0.15) is 17.3 Å². The van der Waals surface area contributed by atoms with Crippen molar-refractivity contribution < 1.29 is 13.2 Å². The lowest BCUT2D eigenvalue weighted by Gasteiger charge is -2.09. The molecule has 0 aliphatic heterocycles. The molecule has 0 saturated heterocycles. The summed E-state index contributed by atoms with van der Waals surface area (Å²) in [6.07, 6.45) is 1.62. The maximum Gasteiger partial charge on any atom is 0.265 e. The van der Waals surface area contributed by atoms with E-state index >= 15 is 0 Å². The number of rotatable bonds is 4. The van der Waals surface area contributed by atoms with Crippen LogP contribution in [-0.4, -0.2) is 13.4 Å². The van der Waals surface area contributed by atoms with Crippen LogP contribution < -0.4 is 4.74 Å². The summed E-state index contributed by atoms with van der Waals surface area (Å²) < 4.78 is 29.2. The highest BCUT2D eigenvalue weighted by Gasteiger charge is 2.17. The van der Waals surface area contributed by atoms with Crippen LogP contribution in [0.2, 0.25) is 5.02 Å². The Morgan fingerprint density at radius 1 is 1.25 bits per heavy atom. The van der Waals surface area contributed by atoms with Crippen LogP contribution in [0.15, 0.2) is 45.9 Å². The standard InChI is InChI=1S/C12H8BrCl2NO3S/c13-8-1-3-10(16-6-8)7-19-11-4-2-9(14)5-12(11)20(15,17)18/h1-6H,7H2. The summed E-state index contributed by atoms with van der Waals surface area (Å²) in [5.74, 6) is 0.133. The molecular weight excluding hydrogens is 389 g/mol. The van der Waals surface area contributed by atoms with Crippen molar-refractivity contribution in [1.82, 2.24) is 4.98 Å². The monoisotopic (exact) mass is 395 g/mol. The molecule has 4 nitrogen and oxygen atoms in total. The maximum absolute atomic E-state index is 11.5. The van der Waals surface area contributed by atoms with Gasteiger partial charge >= 0.3 is 0 Å². The van der Waals surface area contributed by atoms with E-state index in [0.717, 1.165) is 4.47 Å². The second kappa shape index (κ2) is 6.30. The van der Waals surface area contributed by atoms with E-state index in [0.29, 0.717) is 5.69 Å². The van der Waals surface area contributed by atoms with Crippen molar-refractivity contribution >= 4 is 47.3 Å². The maximum atomic E-state index is 11.5. The summed E-state index contributed by atoms with van der Waals surface area (Å²) in [6.45, 7) is 0.119. The molecule has 1 aromatic heterocycles. The van der Waals surface area contributed by atoms with Gasteiger partial charge in [0.05, 0.1) is 5.69 Å². The smallest absolute Gasteiger partial charge is 0.265 e. The number of hydrogen-bond acceptors (Lipinski definition) is 4. The van der Waals surface area contributed by atoms with Crippen LogP contribution in [0.25, 0.3) is 0 Å². The Balaban J connectivity index is 2.23. The van der Waals surface area contributed by atoms with E-state index in [1.165, 1.54) is 18.2 Å². The van der Waals surface area contributed by atoms with Crippen LogP contribution in [-0.2, 0) is 15.7 Å². The Morgan fingerprint density at radius 2 is 2.00 bits per heavy atom. The van der Waals surface area contributed by atoms with Crippen molar-refractivity contribution in [2.75, 3.05) is 0 Å². The Kier molecular flexibility index (Phi) is 4.90. The molecule has 2 aromatic rings. The molecule has 8 heteroatoms. The van der Waals surface area contributed by atoms with Crippen LogP contribution in [0.3, 0.4) is 0 Å². The van der Waals surface area contributed by atoms with Crippen LogP contribution in [0.5, 0.6) is 5.75 Å². The molecule has 106 valence electrons. The zero-order chi connectivity index (χ0) is 14.8. The predicted octanol–water partition coefficient (Wildman–Crippen LogP) is 4.00. The number of ether oxygens (including phenoxy) is 1. The molecule has 0 fully saturated rings. The summed E-state index contributed by atoms with van der Waals surface area (Å²) in [5.41, 5.74) is 0.654.